The van der Waals surface area contributed by atoms with Crippen molar-refractivity contribution in [2.45, 2.75) is 52.6 Å². The van der Waals surface area contributed by atoms with Gasteiger partial charge in [-0.25, -0.2) is 4.98 Å². The van der Waals surface area contributed by atoms with Gasteiger partial charge in [0.2, 0.25) is 5.91 Å². The van der Waals surface area contributed by atoms with Crippen molar-refractivity contribution in [3.05, 3.63) is 40.4 Å². The topological polar surface area (TPSA) is 55.2 Å². The Hall–Kier alpha value is -2.17. The summed E-state index contributed by atoms with van der Waals surface area (Å²) in [5.74, 6) is 0.584. The lowest BCUT2D eigenvalue weighted by atomic mass is 10.1. The Morgan fingerprint density at radius 1 is 1.38 bits per heavy atom. The van der Waals surface area contributed by atoms with Crippen molar-refractivity contribution in [2.75, 3.05) is 6.54 Å². The zero-order valence-corrected chi connectivity index (χ0v) is 14.7. The van der Waals surface area contributed by atoms with Gasteiger partial charge in [0.25, 0.3) is 5.56 Å². The summed E-state index contributed by atoms with van der Waals surface area (Å²) >= 11 is 0. The standard InChI is InChI=1S/C19H25N3O2/c1-13(2)9-10-22(15-7-8-15)17(23)11-21-12-20-18-14(3)5-4-6-16(18)19(21)24/h4-6,12-13,15H,7-11H2,1-3H3. The zero-order valence-electron chi connectivity index (χ0n) is 14.7. The highest BCUT2D eigenvalue weighted by Crippen LogP contribution is 2.27. The molecule has 0 spiro atoms. The number of amides is 1. The first-order valence-electron chi connectivity index (χ1n) is 8.71. The van der Waals surface area contributed by atoms with Crippen LogP contribution < -0.4 is 5.56 Å². The van der Waals surface area contributed by atoms with Gasteiger partial charge in [-0.2, -0.15) is 0 Å². The van der Waals surface area contributed by atoms with E-state index < -0.39 is 0 Å². The minimum Gasteiger partial charge on any atom is -0.338 e. The van der Waals surface area contributed by atoms with Gasteiger partial charge in [0.05, 0.1) is 17.2 Å². The van der Waals surface area contributed by atoms with Crippen molar-refractivity contribution < 1.29 is 4.79 Å². The van der Waals surface area contributed by atoms with Crippen LogP contribution in [0.25, 0.3) is 10.9 Å². The molecule has 1 aromatic heterocycles. The maximum atomic E-state index is 12.7. The van der Waals surface area contributed by atoms with E-state index in [0.717, 1.165) is 31.4 Å². The van der Waals surface area contributed by atoms with Gasteiger partial charge in [0, 0.05) is 12.6 Å². The highest BCUT2D eigenvalue weighted by Gasteiger charge is 2.32. The zero-order chi connectivity index (χ0) is 17.3. The molecule has 0 N–H and O–H groups in total. The first-order valence-corrected chi connectivity index (χ1v) is 8.71. The Balaban J connectivity index is 1.82. The van der Waals surface area contributed by atoms with E-state index in [4.69, 9.17) is 0 Å². The summed E-state index contributed by atoms with van der Waals surface area (Å²) in [4.78, 5) is 31.7. The second-order valence-electron chi connectivity index (χ2n) is 7.15. The second-order valence-corrected chi connectivity index (χ2v) is 7.15. The van der Waals surface area contributed by atoms with Gasteiger partial charge < -0.3 is 4.90 Å². The summed E-state index contributed by atoms with van der Waals surface area (Å²) < 4.78 is 1.44. The van der Waals surface area contributed by atoms with E-state index in [1.807, 2.05) is 24.0 Å². The number of carbonyl (C=O) groups is 1. The van der Waals surface area contributed by atoms with Crippen molar-refractivity contribution >= 4 is 16.8 Å². The molecule has 1 saturated carbocycles. The van der Waals surface area contributed by atoms with Crippen molar-refractivity contribution in [2.24, 2.45) is 5.92 Å². The van der Waals surface area contributed by atoms with Crippen molar-refractivity contribution in [3.63, 3.8) is 0 Å². The Bertz CT molecular complexity index is 806. The average molecular weight is 327 g/mol. The van der Waals surface area contributed by atoms with Gasteiger partial charge in [-0.3, -0.25) is 14.2 Å². The average Bonchev–Trinajstić information content (AvgIpc) is 3.35. The molecule has 128 valence electrons. The molecule has 0 atom stereocenters. The fourth-order valence-corrected chi connectivity index (χ4v) is 2.98. The fraction of sp³-hybridized carbons (Fsp3) is 0.526. The molecule has 1 heterocycles. The molecular weight excluding hydrogens is 302 g/mol. The third-order valence-electron chi connectivity index (χ3n) is 4.62. The molecule has 0 saturated heterocycles. The van der Waals surface area contributed by atoms with Crippen molar-refractivity contribution in [1.29, 1.82) is 0 Å². The molecular formula is C19H25N3O2. The Morgan fingerprint density at radius 3 is 2.79 bits per heavy atom. The van der Waals surface area contributed by atoms with Crippen LogP contribution in [0.5, 0.6) is 0 Å². The summed E-state index contributed by atoms with van der Waals surface area (Å²) in [6.07, 6.45) is 4.65. The number of aromatic nitrogens is 2. The third-order valence-corrected chi connectivity index (χ3v) is 4.62. The molecule has 0 radical (unpaired) electrons. The van der Waals surface area contributed by atoms with Gasteiger partial charge in [-0.15, -0.1) is 0 Å². The predicted octanol–water partition coefficient (Wildman–Crippen LogP) is 2.74. The monoisotopic (exact) mass is 327 g/mol. The maximum Gasteiger partial charge on any atom is 0.261 e. The van der Waals surface area contributed by atoms with E-state index in [1.165, 1.54) is 10.9 Å². The van der Waals surface area contributed by atoms with E-state index in [2.05, 4.69) is 18.8 Å². The molecule has 5 heteroatoms. The molecule has 1 aliphatic rings. The molecule has 5 nitrogen and oxygen atoms in total. The van der Waals surface area contributed by atoms with Gasteiger partial charge in [-0.05, 0) is 43.7 Å². The molecule has 0 unspecified atom stereocenters. The normalized spacial score (nSPS) is 14.3. The number of para-hydroxylation sites is 1. The molecule has 0 bridgehead atoms. The maximum absolute atomic E-state index is 12.7. The van der Waals surface area contributed by atoms with E-state index in [9.17, 15) is 9.59 Å². The van der Waals surface area contributed by atoms with Crippen molar-refractivity contribution in [3.8, 4) is 0 Å². The highest BCUT2D eigenvalue weighted by molar-refractivity contribution is 5.81. The van der Waals surface area contributed by atoms with Gasteiger partial charge in [-0.1, -0.05) is 26.0 Å². The number of aryl methyl sites for hydroxylation is 1. The van der Waals surface area contributed by atoms with Crippen LogP contribution >= 0.6 is 0 Å². The lowest BCUT2D eigenvalue weighted by molar-refractivity contribution is -0.132. The predicted molar refractivity (Wildman–Crippen MR) is 94.9 cm³/mol. The number of fused-ring (bicyclic) bond motifs is 1. The Kier molecular flexibility index (Phi) is 4.69. The molecule has 24 heavy (non-hydrogen) atoms. The quantitative estimate of drug-likeness (QED) is 0.820. The van der Waals surface area contributed by atoms with Gasteiger partial charge >= 0.3 is 0 Å². The summed E-state index contributed by atoms with van der Waals surface area (Å²) in [6, 6.07) is 5.93. The number of carbonyl (C=O) groups excluding carboxylic acids is 1. The summed E-state index contributed by atoms with van der Waals surface area (Å²) in [7, 11) is 0. The Labute approximate surface area is 142 Å². The van der Waals surface area contributed by atoms with Crippen LogP contribution in [0.2, 0.25) is 0 Å². The lowest BCUT2D eigenvalue weighted by Gasteiger charge is -2.23. The lowest BCUT2D eigenvalue weighted by Crippen LogP contribution is -2.39. The Morgan fingerprint density at radius 2 is 2.12 bits per heavy atom. The van der Waals surface area contributed by atoms with E-state index in [-0.39, 0.29) is 18.0 Å². The molecule has 3 rings (SSSR count). The van der Waals surface area contributed by atoms with Crippen LogP contribution in [-0.4, -0.2) is 32.9 Å². The number of hydrogen-bond acceptors (Lipinski definition) is 3. The van der Waals surface area contributed by atoms with Crippen LogP contribution in [-0.2, 0) is 11.3 Å². The molecule has 2 aromatic rings. The highest BCUT2D eigenvalue weighted by atomic mass is 16.2. The number of hydrogen-bond donors (Lipinski definition) is 0. The minimum absolute atomic E-state index is 0.0223. The SMILES string of the molecule is Cc1cccc2c(=O)n(CC(=O)N(CCC(C)C)C3CC3)cnc12. The first-order chi connectivity index (χ1) is 11.5. The van der Waals surface area contributed by atoms with Crippen LogP contribution in [0.4, 0.5) is 0 Å². The molecule has 1 amide bonds. The minimum atomic E-state index is -0.142. The van der Waals surface area contributed by atoms with Crippen LogP contribution in [0.3, 0.4) is 0 Å². The largest absolute Gasteiger partial charge is 0.338 e. The summed E-state index contributed by atoms with van der Waals surface area (Å²) in [5.41, 5.74) is 1.54. The van der Waals surface area contributed by atoms with Gasteiger partial charge in [0.1, 0.15) is 6.54 Å². The molecule has 1 fully saturated rings. The van der Waals surface area contributed by atoms with E-state index >= 15 is 0 Å². The first kappa shape index (κ1) is 16.7. The fourth-order valence-electron chi connectivity index (χ4n) is 2.98. The molecule has 0 aliphatic heterocycles. The molecule has 1 aliphatic carbocycles. The number of rotatable bonds is 6. The number of benzene rings is 1. The number of nitrogens with zero attached hydrogens (tertiary/aromatic N) is 3. The van der Waals surface area contributed by atoms with Crippen LogP contribution in [0, 0.1) is 12.8 Å². The van der Waals surface area contributed by atoms with Gasteiger partial charge in [0.15, 0.2) is 0 Å². The third kappa shape index (κ3) is 3.50. The summed E-state index contributed by atoms with van der Waals surface area (Å²) in [6.45, 7) is 7.11. The van der Waals surface area contributed by atoms with E-state index in [0.29, 0.717) is 22.9 Å². The second kappa shape index (κ2) is 6.75. The van der Waals surface area contributed by atoms with Crippen molar-refractivity contribution in [1.82, 2.24) is 14.5 Å². The smallest absolute Gasteiger partial charge is 0.261 e. The van der Waals surface area contributed by atoms with Crippen LogP contribution in [0.15, 0.2) is 29.3 Å². The summed E-state index contributed by atoms with van der Waals surface area (Å²) in [5, 5.41) is 0.574. The molecule has 1 aromatic carbocycles. The van der Waals surface area contributed by atoms with Crippen LogP contribution in [0.1, 0.15) is 38.7 Å². The van der Waals surface area contributed by atoms with E-state index in [1.54, 1.807) is 6.07 Å².